The van der Waals surface area contributed by atoms with E-state index in [-0.39, 0.29) is 18.3 Å². The fourth-order valence-corrected chi connectivity index (χ4v) is 2.60. The third-order valence-corrected chi connectivity index (χ3v) is 4.12. The van der Waals surface area contributed by atoms with Crippen LogP contribution in [0.1, 0.15) is 12.8 Å². The monoisotopic (exact) mass is 308 g/mol. The van der Waals surface area contributed by atoms with Crippen LogP contribution in [0.3, 0.4) is 0 Å². The number of aliphatic carboxylic acids is 1. The van der Waals surface area contributed by atoms with Crippen LogP contribution in [0.2, 0.25) is 0 Å². The van der Waals surface area contributed by atoms with E-state index in [1.807, 2.05) is 0 Å². The molecule has 0 radical (unpaired) electrons. The molecule has 0 aromatic rings. The number of carbonyl (C=O) groups is 2. The summed E-state index contributed by atoms with van der Waals surface area (Å²) in [7, 11) is -1.71. The molecule has 0 bridgehead atoms. The van der Waals surface area contributed by atoms with Gasteiger partial charge >= 0.3 is 12.0 Å². The lowest BCUT2D eigenvalue weighted by Crippen LogP contribution is -2.48. The number of amides is 2. The van der Waals surface area contributed by atoms with Gasteiger partial charge in [-0.2, -0.15) is 0 Å². The van der Waals surface area contributed by atoms with Crippen molar-refractivity contribution in [2.75, 3.05) is 32.2 Å². The molecule has 2 unspecified atom stereocenters. The summed E-state index contributed by atoms with van der Waals surface area (Å²) in [6, 6.07) is -1.72. The van der Waals surface area contributed by atoms with E-state index < -0.39 is 27.9 Å². The highest BCUT2D eigenvalue weighted by atomic mass is 32.2. The van der Waals surface area contributed by atoms with E-state index in [4.69, 9.17) is 9.84 Å². The number of nitrogens with one attached hydrogen (secondary N) is 1. The van der Waals surface area contributed by atoms with Gasteiger partial charge in [-0.05, 0) is 12.8 Å². The second-order valence-electron chi connectivity index (χ2n) is 4.85. The highest BCUT2D eigenvalue weighted by Crippen LogP contribution is 2.12. The van der Waals surface area contributed by atoms with Gasteiger partial charge in [0.1, 0.15) is 15.9 Å². The Labute approximate surface area is 118 Å². The van der Waals surface area contributed by atoms with E-state index >= 15 is 0 Å². The molecule has 0 saturated carbocycles. The zero-order chi connectivity index (χ0) is 15.3. The number of sulfone groups is 1. The van der Waals surface area contributed by atoms with Crippen LogP contribution in [0.5, 0.6) is 0 Å². The molecule has 9 heteroatoms. The molecule has 1 aliphatic heterocycles. The van der Waals surface area contributed by atoms with Crippen molar-refractivity contribution in [2.24, 2.45) is 0 Å². The first-order chi connectivity index (χ1) is 9.23. The summed E-state index contributed by atoms with van der Waals surface area (Å²) in [5, 5.41) is 11.4. The van der Waals surface area contributed by atoms with Crippen molar-refractivity contribution in [1.82, 2.24) is 10.2 Å². The summed E-state index contributed by atoms with van der Waals surface area (Å²) in [6.07, 6.45) is 1.53. The Morgan fingerprint density at radius 2 is 2.15 bits per heavy atom. The molecule has 1 heterocycles. The highest BCUT2D eigenvalue weighted by molar-refractivity contribution is 7.90. The van der Waals surface area contributed by atoms with Gasteiger partial charge in [-0.3, -0.25) is 0 Å². The number of nitrogens with zero attached hydrogens (tertiary/aromatic N) is 1. The van der Waals surface area contributed by atoms with Crippen LogP contribution in [0.4, 0.5) is 4.79 Å². The number of rotatable bonds is 6. The maximum atomic E-state index is 11.9. The molecule has 2 N–H and O–H groups in total. The molecular formula is C11H20N2O6S. The van der Waals surface area contributed by atoms with Crippen molar-refractivity contribution in [2.45, 2.75) is 25.0 Å². The molecule has 2 amide bonds. The average molecular weight is 308 g/mol. The first-order valence-corrected chi connectivity index (χ1v) is 8.27. The van der Waals surface area contributed by atoms with Crippen LogP contribution in [-0.4, -0.2) is 74.8 Å². The van der Waals surface area contributed by atoms with E-state index in [9.17, 15) is 18.0 Å². The lowest BCUT2D eigenvalue weighted by molar-refractivity contribution is -0.139. The number of carboxylic acids is 1. The number of likely N-dealkylation sites (tertiary alicyclic amines) is 1. The highest BCUT2D eigenvalue weighted by Gasteiger charge is 2.29. The van der Waals surface area contributed by atoms with E-state index in [2.05, 4.69) is 5.32 Å². The second-order valence-corrected chi connectivity index (χ2v) is 7.11. The molecule has 0 aromatic carbocycles. The van der Waals surface area contributed by atoms with Crippen molar-refractivity contribution in [3.63, 3.8) is 0 Å². The molecule has 116 valence electrons. The number of hydrogen-bond acceptors (Lipinski definition) is 5. The van der Waals surface area contributed by atoms with E-state index in [1.54, 1.807) is 7.11 Å². The Balaban J connectivity index is 2.53. The first-order valence-electron chi connectivity index (χ1n) is 6.21. The minimum Gasteiger partial charge on any atom is -0.480 e. The molecular weight excluding hydrogens is 288 g/mol. The summed E-state index contributed by atoms with van der Waals surface area (Å²) >= 11 is 0. The van der Waals surface area contributed by atoms with Gasteiger partial charge in [0, 0.05) is 26.5 Å². The fraction of sp³-hybridized carbons (Fsp3) is 0.818. The van der Waals surface area contributed by atoms with Crippen LogP contribution in [0.15, 0.2) is 0 Å². The Hall–Kier alpha value is -1.35. The second kappa shape index (κ2) is 6.89. The van der Waals surface area contributed by atoms with Crippen molar-refractivity contribution in [3.8, 4) is 0 Å². The summed E-state index contributed by atoms with van der Waals surface area (Å²) in [4.78, 5) is 24.4. The number of carboxylic acid groups (broad SMARTS) is 1. The van der Waals surface area contributed by atoms with Crippen LogP contribution in [0, 0.1) is 0 Å². The van der Waals surface area contributed by atoms with Crippen molar-refractivity contribution < 1.29 is 27.9 Å². The molecule has 1 aliphatic rings. The zero-order valence-corrected chi connectivity index (χ0v) is 12.4. The molecule has 20 heavy (non-hydrogen) atoms. The normalized spacial score (nSPS) is 20.7. The van der Waals surface area contributed by atoms with Gasteiger partial charge in [-0.15, -0.1) is 0 Å². The quantitative estimate of drug-likeness (QED) is 0.671. The summed E-state index contributed by atoms with van der Waals surface area (Å²) in [6.45, 7) is 0.892. The molecule has 8 nitrogen and oxygen atoms in total. The Kier molecular flexibility index (Phi) is 5.75. The van der Waals surface area contributed by atoms with Gasteiger partial charge in [0.2, 0.25) is 0 Å². The lowest BCUT2D eigenvalue weighted by atomic mass is 10.2. The van der Waals surface area contributed by atoms with Crippen molar-refractivity contribution in [3.05, 3.63) is 0 Å². The predicted octanol–water partition coefficient (Wildman–Crippen LogP) is -0.695. The lowest BCUT2D eigenvalue weighted by Gasteiger charge is -2.20. The van der Waals surface area contributed by atoms with E-state index in [0.717, 1.165) is 6.26 Å². The van der Waals surface area contributed by atoms with E-state index in [1.165, 1.54) is 4.90 Å². The molecule has 1 fully saturated rings. The third kappa shape index (κ3) is 5.33. The van der Waals surface area contributed by atoms with Crippen LogP contribution < -0.4 is 5.32 Å². The maximum absolute atomic E-state index is 11.9. The number of ether oxygens (including phenoxy) is 1. The number of urea groups is 1. The summed E-state index contributed by atoms with van der Waals surface area (Å²) in [5.41, 5.74) is 0. The Morgan fingerprint density at radius 3 is 2.60 bits per heavy atom. The van der Waals surface area contributed by atoms with Gasteiger partial charge < -0.3 is 20.1 Å². The summed E-state index contributed by atoms with van der Waals surface area (Å²) in [5.74, 6) is -1.53. The summed E-state index contributed by atoms with van der Waals surface area (Å²) < 4.78 is 27.2. The van der Waals surface area contributed by atoms with Gasteiger partial charge in [-0.25, -0.2) is 18.0 Å². The molecule has 0 spiro atoms. The largest absolute Gasteiger partial charge is 0.480 e. The third-order valence-electron chi connectivity index (χ3n) is 3.14. The van der Waals surface area contributed by atoms with Gasteiger partial charge in [0.15, 0.2) is 0 Å². The zero-order valence-electron chi connectivity index (χ0n) is 11.5. The fourth-order valence-electron chi connectivity index (χ4n) is 1.93. The number of hydrogen-bond donors (Lipinski definition) is 2. The standard InChI is InChI=1S/C11H20N2O6S/c1-19-8-3-5-13(7-8)11(16)12-9(10(14)15)4-6-20(2,17)18/h8-9H,3-7H2,1-2H3,(H,12,16)(H,14,15). The topological polar surface area (TPSA) is 113 Å². The van der Waals surface area contributed by atoms with Crippen molar-refractivity contribution >= 4 is 21.8 Å². The molecule has 2 atom stereocenters. The van der Waals surface area contributed by atoms with E-state index in [0.29, 0.717) is 19.5 Å². The SMILES string of the molecule is COC1CCN(C(=O)NC(CCS(C)(=O)=O)C(=O)O)C1. The van der Waals surface area contributed by atoms with Crippen molar-refractivity contribution in [1.29, 1.82) is 0 Å². The first kappa shape index (κ1) is 16.7. The molecule has 0 aromatic heterocycles. The van der Waals surface area contributed by atoms with Crippen LogP contribution >= 0.6 is 0 Å². The molecule has 1 saturated heterocycles. The minimum absolute atomic E-state index is 0.0416. The predicted molar refractivity (Wildman–Crippen MR) is 71.3 cm³/mol. The minimum atomic E-state index is -3.27. The number of methoxy groups -OCH3 is 1. The smallest absolute Gasteiger partial charge is 0.326 e. The Bertz CT molecular complexity index is 464. The van der Waals surface area contributed by atoms with Crippen LogP contribution in [0.25, 0.3) is 0 Å². The van der Waals surface area contributed by atoms with Crippen LogP contribution in [-0.2, 0) is 19.4 Å². The molecule has 0 aliphatic carbocycles. The maximum Gasteiger partial charge on any atom is 0.326 e. The molecule has 1 rings (SSSR count). The van der Waals surface area contributed by atoms with Gasteiger partial charge in [0.05, 0.1) is 11.9 Å². The number of carbonyl (C=O) groups excluding carboxylic acids is 1. The Morgan fingerprint density at radius 1 is 1.50 bits per heavy atom. The van der Waals surface area contributed by atoms with Gasteiger partial charge in [0.25, 0.3) is 0 Å². The average Bonchev–Trinajstić information content (AvgIpc) is 2.81. The van der Waals surface area contributed by atoms with Gasteiger partial charge in [-0.1, -0.05) is 0 Å².